The Hall–Kier alpha value is -3.54. The van der Waals surface area contributed by atoms with Crippen LogP contribution in [-0.2, 0) is 21.4 Å². The fourth-order valence-electron chi connectivity index (χ4n) is 4.06. The first-order chi connectivity index (χ1) is 18.6. The topological polar surface area (TPSA) is 126 Å². The van der Waals surface area contributed by atoms with E-state index < -0.39 is 10.0 Å². The number of amides is 1. The summed E-state index contributed by atoms with van der Waals surface area (Å²) in [5, 5.41) is 12.5. The highest BCUT2D eigenvalue weighted by Crippen LogP contribution is 2.28. The van der Waals surface area contributed by atoms with Crippen molar-refractivity contribution in [2.24, 2.45) is 10.2 Å². The average Bonchev–Trinajstić information content (AvgIpc) is 3.27. The number of carbonyl (C=O) groups excluding carboxylic acids is 1. The highest BCUT2D eigenvalue weighted by atomic mass is 32.2. The van der Waals surface area contributed by atoms with Crippen LogP contribution >= 0.6 is 11.8 Å². The Morgan fingerprint density at radius 3 is 2.51 bits per heavy atom. The minimum atomic E-state index is -3.79. The molecule has 1 amide bonds. The predicted molar refractivity (Wildman–Crippen MR) is 156 cm³/mol. The molecule has 4 N–H and O–H groups in total. The maximum atomic E-state index is 12.7. The molecule has 0 bridgehead atoms. The molecule has 1 unspecified atom stereocenters. The summed E-state index contributed by atoms with van der Waals surface area (Å²) < 4.78 is 29.2. The molecule has 0 spiro atoms. The largest absolute Gasteiger partial charge is 0.485 e. The summed E-state index contributed by atoms with van der Waals surface area (Å²) in [6.07, 6.45) is 0. The first-order valence-corrected chi connectivity index (χ1v) is 15.1. The Kier molecular flexibility index (Phi) is 9.16. The molecule has 0 aromatic heterocycles. The van der Waals surface area contributed by atoms with Gasteiger partial charge >= 0.3 is 0 Å². The van der Waals surface area contributed by atoms with Crippen molar-refractivity contribution in [1.29, 1.82) is 0 Å². The second-order valence-corrected chi connectivity index (χ2v) is 12.2. The fourth-order valence-corrected chi connectivity index (χ4v) is 5.46. The molecule has 3 aromatic carbocycles. The van der Waals surface area contributed by atoms with Gasteiger partial charge in [-0.15, -0.1) is 11.8 Å². The van der Waals surface area contributed by atoms with Crippen LogP contribution in [0.4, 0.5) is 5.69 Å². The van der Waals surface area contributed by atoms with Gasteiger partial charge in [0.1, 0.15) is 12.4 Å². The lowest BCUT2D eigenvalue weighted by molar-refractivity contribution is -0.113. The van der Waals surface area contributed by atoms with E-state index in [1.165, 1.54) is 36.0 Å². The molecule has 11 heteroatoms. The third-order valence-electron chi connectivity index (χ3n) is 6.10. The van der Waals surface area contributed by atoms with Gasteiger partial charge < -0.3 is 15.0 Å². The van der Waals surface area contributed by atoms with Gasteiger partial charge in [-0.25, -0.2) is 13.6 Å². The summed E-state index contributed by atoms with van der Waals surface area (Å²) in [4.78, 5) is 14.7. The summed E-state index contributed by atoms with van der Waals surface area (Å²) in [6.45, 7) is 7.19. The standard InChI is InChI=1S/C28H33N5O4S2/c1-19(2)24-14-9-20(3)15-25(24)37-17-26-31-32-28(33(26)16-21-7-5-4-6-8-21)38-18-27(34)30-22-10-12-23(13-11-22)39(29,35)36/h4-15,19,28,32H,16-18H2,1-3H3,(H,30,34)(H2,29,35,36). The zero-order chi connectivity index (χ0) is 28.0. The van der Waals surface area contributed by atoms with Crippen LogP contribution < -0.4 is 20.6 Å². The maximum Gasteiger partial charge on any atom is 0.238 e. The SMILES string of the molecule is Cc1ccc(C(C)C)c(OCC2=NNC(SCC(=O)Nc3ccc(S(N)(=O)=O)cc3)N2Cc2ccccc2)c1. The maximum absolute atomic E-state index is 12.7. The minimum Gasteiger partial charge on any atom is -0.485 e. The lowest BCUT2D eigenvalue weighted by atomic mass is 10.0. The fraction of sp³-hybridized carbons (Fsp3) is 0.286. The van der Waals surface area contributed by atoms with Crippen LogP contribution in [0.1, 0.15) is 36.5 Å². The number of thioether (sulfide) groups is 1. The molecule has 1 aliphatic rings. The van der Waals surface area contributed by atoms with Crippen molar-refractivity contribution in [1.82, 2.24) is 10.3 Å². The number of nitrogens with two attached hydrogens (primary N) is 1. The zero-order valence-corrected chi connectivity index (χ0v) is 23.8. The van der Waals surface area contributed by atoms with Gasteiger partial charge in [-0.3, -0.25) is 10.2 Å². The summed E-state index contributed by atoms with van der Waals surface area (Å²) >= 11 is 1.40. The highest BCUT2D eigenvalue weighted by molar-refractivity contribution is 8.00. The molecular formula is C28H33N5O4S2. The van der Waals surface area contributed by atoms with Gasteiger partial charge in [0.05, 0.1) is 10.6 Å². The molecule has 9 nitrogen and oxygen atoms in total. The van der Waals surface area contributed by atoms with E-state index in [4.69, 9.17) is 9.88 Å². The van der Waals surface area contributed by atoms with Crippen LogP contribution in [0.25, 0.3) is 0 Å². The third-order valence-corrected chi connectivity index (χ3v) is 8.13. The number of nitrogens with zero attached hydrogens (tertiary/aromatic N) is 2. The number of rotatable bonds is 11. The number of sulfonamides is 1. The number of carbonyl (C=O) groups is 1. The number of amidine groups is 1. The second-order valence-electron chi connectivity index (χ2n) is 9.54. The van der Waals surface area contributed by atoms with Crippen LogP contribution in [0.5, 0.6) is 5.75 Å². The molecule has 0 saturated carbocycles. The number of aryl methyl sites for hydroxylation is 1. The van der Waals surface area contributed by atoms with Gasteiger partial charge in [0, 0.05) is 12.2 Å². The molecule has 0 aliphatic carbocycles. The number of primary sulfonamides is 1. The van der Waals surface area contributed by atoms with Gasteiger partial charge in [-0.2, -0.15) is 5.10 Å². The smallest absolute Gasteiger partial charge is 0.238 e. The molecule has 0 saturated heterocycles. The van der Waals surface area contributed by atoms with E-state index in [1.807, 2.05) is 43.3 Å². The van der Waals surface area contributed by atoms with Gasteiger partial charge in [0.2, 0.25) is 15.9 Å². The molecule has 0 fully saturated rings. The lowest BCUT2D eigenvalue weighted by Crippen LogP contribution is -2.40. The van der Waals surface area contributed by atoms with E-state index in [0.717, 1.165) is 28.3 Å². The van der Waals surface area contributed by atoms with Crippen molar-refractivity contribution in [3.63, 3.8) is 0 Å². The number of hydrazone groups is 1. The molecule has 39 heavy (non-hydrogen) atoms. The van der Waals surface area contributed by atoms with Crippen LogP contribution in [0.3, 0.4) is 0 Å². The first kappa shape index (κ1) is 28.5. The Labute approximate surface area is 233 Å². The summed E-state index contributed by atoms with van der Waals surface area (Å²) in [5.41, 5.74) is 6.72. The molecule has 1 heterocycles. The van der Waals surface area contributed by atoms with E-state index in [9.17, 15) is 13.2 Å². The van der Waals surface area contributed by atoms with Crippen molar-refractivity contribution in [2.75, 3.05) is 17.7 Å². The summed E-state index contributed by atoms with van der Waals surface area (Å²) in [5.74, 6) is 1.83. The first-order valence-electron chi connectivity index (χ1n) is 12.5. The molecule has 1 aliphatic heterocycles. The number of hydrogen-bond donors (Lipinski definition) is 3. The number of nitrogens with one attached hydrogen (secondary N) is 2. The van der Waals surface area contributed by atoms with Crippen molar-refractivity contribution in [2.45, 2.75) is 43.6 Å². The summed E-state index contributed by atoms with van der Waals surface area (Å²) in [6, 6.07) is 22.0. The Morgan fingerprint density at radius 1 is 1.13 bits per heavy atom. The normalized spacial score (nSPS) is 15.2. The minimum absolute atomic E-state index is 0.0142. The van der Waals surface area contributed by atoms with Crippen molar-refractivity contribution >= 4 is 39.2 Å². The van der Waals surface area contributed by atoms with Crippen LogP contribution in [0.2, 0.25) is 0 Å². The molecule has 0 radical (unpaired) electrons. The van der Waals surface area contributed by atoms with E-state index in [0.29, 0.717) is 18.2 Å². The lowest BCUT2D eigenvalue weighted by Gasteiger charge is -2.27. The van der Waals surface area contributed by atoms with Crippen molar-refractivity contribution in [3.05, 3.63) is 89.5 Å². The predicted octanol–water partition coefficient (Wildman–Crippen LogP) is 4.22. The van der Waals surface area contributed by atoms with Gasteiger partial charge in [0.25, 0.3) is 0 Å². The second kappa shape index (κ2) is 12.5. The monoisotopic (exact) mass is 567 g/mol. The molecule has 3 aromatic rings. The van der Waals surface area contributed by atoms with Crippen molar-refractivity contribution < 1.29 is 17.9 Å². The van der Waals surface area contributed by atoms with Gasteiger partial charge in [0.15, 0.2) is 11.3 Å². The molecule has 1 atom stereocenters. The Balaban J connectivity index is 1.41. The molecule has 4 rings (SSSR count). The number of anilines is 1. The number of benzene rings is 3. The molecule has 206 valence electrons. The number of ether oxygens (including phenoxy) is 1. The van der Waals surface area contributed by atoms with E-state index in [2.05, 4.69) is 46.7 Å². The average molecular weight is 568 g/mol. The van der Waals surface area contributed by atoms with E-state index >= 15 is 0 Å². The Morgan fingerprint density at radius 2 is 1.85 bits per heavy atom. The molecular weight excluding hydrogens is 534 g/mol. The zero-order valence-electron chi connectivity index (χ0n) is 22.1. The van der Waals surface area contributed by atoms with Crippen LogP contribution in [-0.4, -0.2) is 42.9 Å². The van der Waals surface area contributed by atoms with Crippen LogP contribution in [0, 0.1) is 6.92 Å². The summed E-state index contributed by atoms with van der Waals surface area (Å²) in [7, 11) is -3.79. The van der Waals surface area contributed by atoms with Gasteiger partial charge in [-0.1, -0.05) is 56.3 Å². The third kappa shape index (κ3) is 7.75. The quantitative estimate of drug-likeness (QED) is 0.317. The van der Waals surface area contributed by atoms with Crippen molar-refractivity contribution in [3.8, 4) is 5.75 Å². The van der Waals surface area contributed by atoms with E-state index in [1.54, 1.807) is 0 Å². The Bertz CT molecular complexity index is 1430. The van der Waals surface area contributed by atoms with Crippen LogP contribution in [0.15, 0.2) is 82.8 Å². The number of hydrogen-bond acceptors (Lipinski definition) is 8. The van der Waals surface area contributed by atoms with Gasteiger partial charge in [-0.05, 0) is 59.9 Å². The van der Waals surface area contributed by atoms with E-state index in [-0.39, 0.29) is 28.7 Å². The highest BCUT2D eigenvalue weighted by Gasteiger charge is 2.29.